The molecule has 0 fully saturated rings. The monoisotopic (exact) mass is 369 g/mol. The topological polar surface area (TPSA) is 55.4 Å². The van der Waals surface area contributed by atoms with Gasteiger partial charge in [0.15, 0.2) is 0 Å². The maximum Gasteiger partial charge on any atom is 0.341 e. The smallest absolute Gasteiger partial charge is 0.341 e. The zero-order valence-corrected chi connectivity index (χ0v) is 15.9. The van der Waals surface area contributed by atoms with E-state index in [4.69, 9.17) is 4.74 Å². The minimum absolute atomic E-state index is 0.241. The normalized spacial score (nSPS) is 13.5. The number of hydrogen-bond donors (Lipinski definition) is 1. The third-order valence-corrected chi connectivity index (χ3v) is 5.60. The van der Waals surface area contributed by atoms with Gasteiger partial charge in [0.2, 0.25) is 5.91 Å². The Morgan fingerprint density at radius 1 is 1.19 bits per heavy atom. The number of aryl methyl sites for hydroxylation is 2. The number of esters is 1. The van der Waals surface area contributed by atoms with Gasteiger partial charge in [-0.25, -0.2) is 4.79 Å². The third-order valence-electron chi connectivity index (χ3n) is 4.39. The van der Waals surface area contributed by atoms with E-state index in [0.717, 1.165) is 36.8 Å². The molecule has 0 radical (unpaired) electrons. The molecule has 1 heterocycles. The Bertz CT molecular complexity index is 834. The molecule has 1 aliphatic rings. The van der Waals surface area contributed by atoms with E-state index in [1.807, 2.05) is 31.2 Å². The zero-order chi connectivity index (χ0) is 18.5. The van der Waals surface area contributed by atoms with E-state index in [-0.39, 0.29) is 11.9 Å². The summed E-state index contributed by atoms with van der Waals surface area (Å²) in [6.45, 7) is 4.14. The second-order valence-electron chi connectivity index (χ2n) is 6.37. The Hall–Kier alpha value is -2.40. The molecule has 0 saturated heterocycles. The van der Waals surface area contributed by atoms with Crippen LogP contribution in [0, 0.1) is 6.92 Å². The SMILES string of the molecule is CCOC(=O)c1c(NC(=O)/C=C/c2ccc(C)cc2)sc2c1CCCC2. The number of carbonyl (C=O) groups excluding carboxylic acids is 2. The Morgan fingerprint density at radius 3 is 2.65 bits per heavy atom. The van der Waals surface area contributed by atoms with Crippen LogP contribution in [0.3, 0.4) is 0 Å². The van der Waals surface area contributed by atoms with Crippen LogP contribution in [0.1, 0.15) is 51.7 Å². The van der Waals surface area contributed by atoms with Crippen molar-refractivity contribution in [1.82, 2.24) is 0 Å². The first-order chi connectivity index (χ1) is 12.6. The van der Waals surface area contributed by atoms with Crippen molar-refractivity contribution in [1.29, 1.82) is 0 Å². The summed E-state index contributed by atoms with van der Waals surface area (Å²) in [6, 6.07) is 7.94. The van der Waals surface area contributed by atoms with Gasteiger partial charge < -0.3 is 10.1 Å². The number of carbonyl (C=O) groups is 2. The Kier molecular flexibility index (Phi) is 5.89. The van der Waals surface area contributed by atoms with Gasteiger partial charge >= 0.3 is 5.97 Å². The highest BCUT2D eigenvalue weighted by Crippen LogP contribution is 2.38. The highest BCUT2D eigenvalue weighted by molar-refractivity contribution is 7.17. The van der Waals surface area contributed by atoms with Crippen molar-refractivity contribution in [3.8, 4) is 0 Å². The molecule has 4 nitrogen and oxygen atoms in total. The number of amides is 1. The highest BCUT2D eigenvalue weighted by atomic mass is 32.1. The predicted molar refractivity (Wildman–Crippen MR) is 106 cm³/mol. The molecule has 3 rings (SSSR count). The molecule has 26 heavy (non-hydrogen) atoms. The highest BCUT2D eigenvalue weighted by Gasteiger charge is 2.26. The van der Waals surface area contributed by atoms with Gasteiger partial charge in [-0.2, -0.15) is 0 Å². The van der Waals surface area contributed by atoms with Crippen LogP contribution in [0.4, 0.5) is 5.00 Å². The van der Waals surface area contributed by atoms with Crippen molar-refractivity contribution >= 4 is 34.3 Å². The van der Waals surface area contributed by atoms with E-state index in [2.05, 4.69) is 5.32 Å². The number of thiophene rings is 1. The van der Waals surface area contributed by atoms with Gasteiger partial charge in [-0.3, -0.25) is 4.79 Å². The van der Waals surface area contributed by atoms with E-state index in [1.165, 1.54) is 27.9 Å². The number of ether oxygens (including phenoxy) is 1. The van der Waals surface area contributed by atoms with Crippen molar-refractivity contribution in [3.63, 3.8) is 0 Å². The van der Waals surface area contributed by atoms with Crippen LogP contribution in [0.5, 0.6) is 0 Å². The fourth-order valence-electron chi connectivity index (χ4n) is 3.08. The predicted octanol–water partition coefficient (Wildman–Crippen LogP) is 4.76. The minimum Gasteiger partial charge on any atom is -0.462 e. The van der Waals surface area contributed by atoms with Crippen molar-refractivity contribution in [2.45, 2.75) is 39.5 Å². The summed E-state index contributed by atoms with van der Waals surface area (Å²) >= 11 is 1.50. The average molecular weight is 369 g/mol. The maximum atomic E-state index is 12.4. The number of nitrogens with one attached hydrogen (secondary N) is 1. The number of hydrogen-bond acceptors (Lipinski definition) is 4. The number of benzene rings is 1. The standard InChI is InChI=1S/C21H23NO3S/c1-3-25-21(24)19-16-6-4-5-7-17(16)26-20(19)22-18(23)13-12-15-10-8-14(2)9-11-15/h8-13H,3-7H2,1-2H3,(H,22,23)/b13-12+. The molecule has 0 atom stereocenters. The van der Waals surface area contributed by atoms with Gasteiger partial charge in [-0.05, 0) is 56.7 Å². The van der Waals surface area contributed by atoms with Crippen LogP contribution in [0.2, 0.25) is 0 Å². The fourth-order valence-corrected chi connectivity index (χ4v) is 4.36. The third kappa shape index (κ3) is 4.22. The van der Waals surface area contributed by atoms with E-state index < -0.39 is 0 Å². The first-order valence-electron chi connectivity index (χ1n) is 8.96. The molecule has 0 saturated carbocycles. The second-order valence-corrected chi connectivity index (χ2v) is 7.47. The van der Waals surface area contributed by atoms with Gasteiger partial charge in [0.05, 0.1) is 12.2 Å². The molecule has 0 bridgehead atoms. The summed E-state index contributed by atoms with van der Waals surface area (Å²) in [7, 11) is 0. The summed E-state index contributed by atoms with van der Waals surface area (Å²) in [5.74, 6) is -0.584. The Balaban J connectivity index is 1.80. The van der Waals surface area contributed by atoms with Crippen molar-refractivity contribution in [2.75, 3.05) is 11.9 Å². The molecule has 0 unspecified atom stereocenters. The quantitative estimate of drug-likeness (QED) is 0.610. The van der Waals surface area contributed by atoms with Gasteiger partial charge in [-0.15, -0.1) is 11.3 Å². The lowest BCUT2D eigenvalue weighted by atomic mass is 9.95. The second kappa shape index (κ2) is 8.32. The number of fused-ring (bicyclic) bond motifs is 1. The van der Waals surface area contributed by atoms with Gasteiger partial charge in [0.25, 0.3) is 0 Å². The molecule has 1 amide bonds. The molecule has 0 aliphatic heterocycles. The van der Waals surface area contributed by atoms with Crippen LogP contribution in [0.25, 0.3) is 6.08 Å². The minimum atomic E-state index is -0.343. The van der Waals surface area contributed by atoms with Gasteiger partial charge in [0, 0.05) is 11.0 Å². The van der Waals surface area contributed by atoms with Crippen molar-refractivity contribution in [2.24, 2.45) is 0 Å². The summed E-state index contributed by atoms with van der Waals surface area (Å²) < 4.78 is 5.21. The molecule has 1 aromatic heterocycles. The van der Waals surface area contributed by atoms with Crippen LogP contribution < -0.4 is 5.32 Å². The van der Waals surface area contributed by atoms with Gasteiger partial charge in [-0.1, -0.05) is 29.8 Å². The summed E-state index contributed by atoms with van der Waals surface area (Å²) in [4.78, 5) is 26.0. The van der Waals surface area contributed by atoms with E-state index in [0.29, 0.717) is 17.2 Å². The Morgan fingerprint density at radius 2 is 1.92 bits per heavy atom. The number of rotatable bonds is 5. The summed E-state index contributed by atoms with van der Waals surface area (Å²) in [6.07, 6.45) is 7.29. The van der Waals surface area contributed by atoms with E-state index in [1.54, 1.807) is 13.0 Å². The lowest BCUT2D eigenvalue weighted by Gasteiger charge is -2.12. The molecule has 1 aromatic carbocycles. The molecular weight excluding hydrogens is 346 g/mol. The lowest BCUT2D eigenvalue weighted by molar-refractivity contribution is -0.111. The van der Waals surface area contributed by atoms with E-state index >= 15 is 0 Å². The van der Waals surface area contributed by atoms with Crippen molar-refractivity contribution in [3.05, 3.63) is 57.5 Å². The van der Waals surface area contributed by atoms with Crippen molar-refractivity contribution < 1.29 is 14.3 Å². The molecule has 1 aliphatic carbocycles. The summed E-state index contributed by atoms with van der Waals surface area (Å²) in [5, 5.41) is 3.49. The average Bonchev–Trinajstić information content (AvgIpc) is 2.99. The zero-order valence-electron chi connectivity index (χ0n) is 15.1. The van der Waals surface area contributed by atoms with Crippen LogP contribution in [-0.4, -0.2) is 18.5 Å². The molecule has 0 spiro atoms. The first kappa shape index (κ1) is 18.4. The molecule has 5 heteroatoms. The van der Waals surface area contributed by atoms with E-state index in [9.17, 15) is 9.59 Å². The largest absolute Gasteiger partial charge is 0.462 e. The number of anilines is 1. The fraction of sp³-hybridized carbons (Fsp3) is 0.333. The van der Waals surface area contributed by atoms with Crippen LogP contribution in [-0.2, 0) is 22.4 Å². The van der Waals surface area contributed by atoms with Crippen LogP contribution >= 0.6 is 11.3 Å². The molecule has 136 valence electrons. The molecule has 1 N–H and O–H groups in total. The first-order valence-corrected chi connectivity index (χ1v) is 9.77. The summed E-state index contributed by atoms with van der Waals surface area (Å²) in [5.41, 5.74) is 3.73. The van der Waals surface area contributed by atoms with Gasteiger partial charge in [0.1, 0.15) is 5.00 Å². The maximum absolute atomic E-state index is 12.4. The van der Waals surface area contributed by atoms with Crippen LogP contribution in [0.15, 0.2) is 30.3 Å². The lowest BCUT2D eigenvalue weighted by Crippen LogP contribution is -2.14. The molecule has 2 aromatic rings. The molecular formula is C21H23NO3S. The Labute approximate surface area is 157 Å².